The Morgan fingerprint density at radius 1 is 0.605 bits per heavy atom. The quantitative estimate of drug-likeness (QED) is 0.177. The van der Waals surface area contributed by atoms with Crippen molar-refractivity contribution in [2.45, 2.75) is 70.2 Å². The first-order valence-electron chi connectivity index (χ1n) is 15.2. The topological polar surface area (TPSA) is 44.8 Å². The highest BCUT2D eigenvalue weighted by molar-refractivity contribution is 7.00. The molecule has 4 nitrogen and oxygen atoms in total. The number of esters is 1. The fraction of sp³-hybridized carbons (Fsp3) is 0.324. The van der Waals surface area contributed by atoms with Gasteiger partial charge in [0, 0.05) is 0 Å². The van der Waals surface area contributed by atoms with E-state index in [0.29, 0.717) is 0 Å². The third kappa shape index (κ3) is 5.94. The largest absolute Gasteiger partial charge is 0.457 e. The predicted octanol–water partition coefficient (Wildman–Crippen LogP) is 5.82. The molecule has 0 aliphatic carbocycles. The van der Waals surface area contributed by atoms with Crippen LogP contribution < -0.4 is 20.7 Å². The van der Waals surface area contributed by atoms with E-state index in [1.165, 1.54) is 20.7 Å². The van der Waals surface area contributed by atoms with Crippen LogP contribution in [0, 0.1) is 0 Å². The fourth-order valence-corrected chi connectivity index (χ4v) is 16.0. The van der Waals surface area contributed by atoms with Gasteiger partial charge < -0.3 is 13.6 Å². The Morgan fingerprint density at radius 3 is 1.30 bits per heavy atom. The van der Waals surface area contributed by atoms with Crippen LogP contribution in [0.2, 0.25) is 10.1 Å². The molecule has 1 aliphatic heterocycles. The van der Waals surface area contributed by atoms with E-state index in [9.17, 15) is 4.79 Å². The van der Waals surface area contributed by atoms with Crippen LogP contribution in [0.3, 0.4) is 0 Å². The van der Waals surface area contributed by atoms with Crippen molar-refractivity contribution < 1.29 is 18.4 Å². The number of carbonyl (C=O) groups is 1. The molecule has 1 heterocycles. The van der Waals surface area contributed by atoms with Gasteiger partial charge in [-0.05, 0) is 30.8 Å². The van der Waals surface area contributed by atoms with Crippen LogP contribution in [0.5, 0.6) is 0 Å². The van der Waals surface area contributed by atoms with E-state index >= 15 is 0 Å². The Kier molecular flexibility index (Phi) is 8.95. The molecule has 1 aliphatic rings. The summed E-state index contributed by atoms with van der Waals surface area (Å²) >= 11 is 0. The molecule has 1 saturated heterocycles. The van der Waals surface area contributed by atoms with Crippen molar-refractivity contribution in [1.82, 2.24) is 0 Å². The first-order valence-corrected chi connectivity index (χ1v) is 19.0. The molecule has 0 radical (unpaired) electrons. The molecule has 0 aromatic heterocycles. The summed E-state index contributed by atoms with van der Waals surface area (Å²) < 4.78 is 20.7. The predicted molar refractivity (Wildman–Crippen MR) is 181 cm³/mol. The molecule has 4 aromatic rings. The number of cyclic esters (lactones) is 1. The van der Waals surface area contributed by atoms with Gasteiger partial charge >= 0.3 is 5.97 Å². The van der Waals surface area contributed by atoms with Crippen LogP contribution in [0.25, 0.3) is 0 Å². The van der Waals surface area contributed by atoms with E-state index in [1.807, 2.05) is 24.3 Å². The van der Waals surface area contributed by atoms with E-state index in [-0.39, 0.29) is 29.1 Å². The molecule has 6 heteroatoms. The maximum atomic E-state index is 13.0. The molecule has 224 valence electrons. The van der Waals surface area contributed by atoms with Crippen LogP contribution in [0.4, 0.5) is 0 Å². The van der Waals surface area contributed by atoms with E-state index in [2.05, 4.69) is 139 Å². The summed E-state index contributed by atoms with van der Waals surface area (Å²) in [5.74, 6) is -0.237. The first-order chi connectivity index (χ1) is 20.5. The normalized spacial score (nSPS) is 18.0. The molecular weight excluding hydrogens is 565 g/mol. The van der Waals surface area contributed by atoms with Crippen LogP contribution in [-0.4, -0.2) is 41.4 Å². The Balaban J connectivity index is 1.56. The summed E-state index contributed by atoms with van der Waals surface area (Å²) in [5, 5.41) is 4.35. The first kappa shape index (κ1) is 31.1. The second kappa shape index (κ2) is 12.4. The zero-order chi connectivity index (χ0) is 30.7. The molecule has 4 aromatic carbocycles. The molecule has 0 amide bonds. The van der Waals surface area contributed by atoms with Crippen molar-refractivity contribution in [3.05, 3.63) is 121 Å². The lowest BCUT2D eigenvalue weighted by atomic mass is 10.2. The highest BCUT2D eigenvalue weighted by Crippen LogP contribution is 2.40. The third-order valence-electron chi connectivity index (χ3n) is 8.69. The van der Waals surface area contributed by atoms with Crippen LogP contribution in [-0.2, 0) is 18.4 Å². The molecule has 0 spiro atoms. The van der Waals surface area contributed by atoms with E-state index in [1.54, 1.807) is 0 Å². The SMILES string of the molecule is CC(C)(C)[Si](OC[C@H]1OC(=O)C[C@@H]1O[Si](c1ccccc1)(c1ccccc1)C(C)(C)C)(c1ccccc1)c1ccccc1. The van der Waals surface area contributed by atoms with Crippen LogP contribution in [0.15, 0.2) is 121 Å². The average molecular weight is 609 g/mol. The number of rotatable bonds is 9. The summed E-state index contributed by atoms with van der Waals surface area (Å²) in [6, 6.07) is 42.3. The van der Waals surface area contributed by atoms with Gasteiger partial charge in [0.05, 0.1) is 19.1 Å². The minimum Gasteiger partial charge on any atom is -0.457 e. The van der Waals surface area contributed by atoms with Gasteiger partial charge in [-0.2, -0.15) is 0 Å². The third-order valence-corrected chi connectivity index (χ3v) is 18.8. The lowest BCUT2D eigenvalue weighted by Crippen LogP contribution is -2.69. The van der Waals surface area contributed by atoms with E-state index in [4.69, 9.17) is 13.6 Å². The highest BCUT2D eigenvalue weighted by atomic mass is 28.4. The van der Waals surface area contributed by atoms with Crippen molar-refractivity contribution in [3.63, 3.8) is 0 Å². The van der Waals surface area contributed by atoms with Crippen LogP contribution in [0.1, 0.15) is 48.0 Å². The Morgan fingerprint density at radius 2 is 0.953 bits per heavy atom. The second-order valence-corrected chi connectivity index (χ2v) is 22.1. The Hall–Kier alpha value is -3.30. The standard InChI is InChI=1S/C37H44O4Si2/c1-36(2,3)42(29-19-11-7-12-20-29,30-21-13-8-14-22-30)39-28-34-33(27-35(38)40-34)41-43(37(4,5)6,31-23-15-9-16-24-31)32-25-17-10-18-26-32/h7-26,33-34H,27-28H2,1-6H3/t33-,34+/m0/s1. The van der Waals surface area contributed by atoms with E-state index in [0.717, 1.165) is 0 Å². The lowest BCUT2D eigenvalue weighted by Gasteiger charge is -2.46. The molecule has 2 atom stereocenters. The summed E-state index contributed by atoms with van der Waals surface area (Å²) in [5.41, 5.74) is 0. The maximum absolute atomic E-state index is 13.0. The molecule has 0 N–H and O–H groups in total. The van der Waals surface area contributed by atoms with Crippen molar-refractivity contribution in [3.8, 4) is 0 Å². The molecule has 43 heavy (non-hydrogen) atoms. The van der Waals surface area contributed by atoms with Gasteiger partial charge in [-0.15, -0.1) is 0 Å². The van der Waals surface area contributed by atoms with Crippen molar-refractivity contribution in [2.75, 3.05) is 6.61 Å². The summed E-state index contributed by atoms with van der Waals surface area (Å²) in [6.45, 7) is 13.8. The van der Waals surface area contributed by atoms with Gasteiger partial charge in [-0.1, -0.05) is 163 Å². The molecule has 5 rings (SSSR count). The Labute approximate surface area is 259 Å². The number of ether oxygens (including phenoxy) is 1. The maximum Gasteiger partial charge on any atom is 0.308 e. The van der Waals surface area contributed by atoms with Gasteiger partial charge in [-0.25, -0.2) is 0 Å². The van der Waals surface area contributed by atoms with E-state index < -0.39 is 28.8 Å². The van der Waals surface area contributed by atoms with Gasteiger partial charge in [0.1, 0.15) is 6.10 Å². The molecule has 1 fully saturated rings. The molecule has 0 bridgehead atoms. The average Bonchev–Trinajstić information content (AvgIpc) is 3.35. The van der Waals surface area contributed by atoms with Crippen LogP contribution >= 0.6 is 0 Å². The smallest absolute Gasteiger partial charge is 0.308 e. The summed E-state index contributed by atoms with van der Waals surface area (Å²) in [6.07, 6.45) is -0.743. The lowest BCUT2D eigenvalue weighted by molar-refractivity contribution is -0.142. The number of carbonyl (C=O) groups excluding carboxylic acids is 1. The van der Waals surface area contributed by atoms with Crippen molar-refractivity contribution >= 4 is 43.4 Å². The van der Waals surface area contributed by atoms with Gasteiger partial charge in [0.15, 0.2) is 0 Å². The van der Waals surface area contributed by atoms with Gasteiger partial charge in [0.2, 0.25) is 0 Å². The van der Waals surface area contributed by atoms with Gasteiger partial charge in [-0.3, -0.25) is 4.79 Å². The summed E-state index contributed by atoms with van der Waals surface area (Å²) in [4.78, 5) is 13.0. The minimum absolute atomic E-state index is 0.188. The number of hydrogen-bond acceptors (Lipinski definition) is 4. The summed E-state index contributed by atoms with van der Waals surface area (Å²) in [7, 11) is -5.73. The fourth-order valence-electron chi connectivity index (χ4n) is 6.73. The zero-order valence-corrected chi connectivity index (χ0v) is 28.2. The minimum atomic E-state index is -2.90. The molecular formula is C37H44O4Si2. The number of hydrogen-bond donors (Lipinski definition) is 0. The molecule has 0 unspecified atom stereocenters. The second-order valence-electron chi connectivity index (χ2n) is 13.5. The number of benzene rings is 4. The monoisotopic (exact) mass is 608 g/mol. The zero-order valence-electron chi connectivity index (χ0n) is 26.2. The van der Waals surface area contributed by atoms with Crippen molar-refractivity contribution in [1.29, 1.82) is 0 Å². The van der Waals surface area contributed by atoms with Crippen molar-refractivity contribution in [2.24, 2.45) is 0 Å². The Bertz CT molecular complexity index is 1400. The highest BCUT2D eigenvalue weighted by Gasteiger charge is 2.55. The molecule has 0 saturated carbocycles. The van der Waals surface area contributed by atoms with Gasteiger partial charge in [0.25, 0.3) is 16.6 Å².